The molecular weight excluding hydrogens is 397 g/mol. The average Bonchev–Trinajstić information content (AvgIpc) is 3.20. The summed E-state index contributed by atoms with van der Waals surface area (Å²) in [7, 11) is 1.72. The predicted octanol–water partition coefficient (Wildman–Crippen LogP) is 2.69. The lowest BCUT2D eigenvalue weighted by molar-refractivity contribution is 0.250. The summed E-state index contributed by atoms with van der Waals surface area (Å²) in [4.78, 5) is 22.2. The van der Waals surface area contributed by atoms with Crippen molar-refractivity contribution in [3.05, 3.63) is 54.0 Å². The van der Waals surface area contributed by atoms with Crippen molar-refractivity contribution < 1.29 is 9.18 Å². The number of hydrogen-bond acceptors (Lipinski definition) is 4. The highest BCUT2D eigenvalue weighted by molar-refractivity contribution is 5.89. The monoisotopic (exact) mass is 427 g/mol. The highest BCUT2D eigenvalue weighted by atomic mass is 19.1. The summed E-state index contributed by atoms with van der Waals surface area (Å²) in [6.07, 6.45) is 2.48. The van der Waals surface area contributed by atoms with Gasteiger partial charge in [0.05, 0.1) is 0 Å². The number of hydrogen-bond donors (Lipinski definition) is 4. The molecule has 9 heteroatoms. The maximum absolute atomic E-state index is 14.0. The van der Waals surface area contributed by atoms with Crippen LogP contribution < -0.4 is 26.2 Å². The van der Waals surface area contributed by atoms with Gasteiger partial charge in [-0.1, -0.05) is 12.1 Å². The number of pyridine rings is 1. The first kappa shape index (κ1) is 22.3. The summed E-state index contributed by atoms with van der Waals surface area (Å²) in [6.45, 7) is 5.81. The molecule has 0 aliphatic carbocycles. The molecule has 1 aliphatic heterocycles. The molecule has 31 heavy (non-hydrogen) atoms. The van der Waals surface area contributed by atoms with E-state index in [-0.39, 0.29) is 23.9 Å². The highest BCUT2D eigenvalue weighted by Gasteiger charge is 2.25. The molecule has 1 atom stereocenters. The molecule has 2 aromatic rings. The number of nitrogens with one attached hydrogen (secondary N) is 4. The lowest BCUT2D eigenvalue weighted by Crippen LogP contribution is -2.44. The Bertz CT molecular complexity index is 901. The average molecular weight is 428 g/mol. The van der Waals surface area contributed by atoms with Crippen LogP contribution in [-0.4, -0.2) is 49.2 Å². The molecular formula is C22H30FN7O. The Morgan fingerprint density at radius 2 is 2.06 bits per heavy atom. The molecule has 3 rings (SSSR count). The zero-order valence-corrected chi connectivity index (χ0v) is 18.2. The number of anilines is 2. The van der Waals surface area contributed by atoms with Crippen LogP contribution in [0.15, 0.2) is 47.6 Å². The van der Waals surface area contributed by atoms with Crippen molar-refractivity contribution in [1.82, 2.24) is 20.9 Å². The molecule has 1 aromatic carbocycles. The SMILES string of the molecule is CN=C(NCc1ccc(NC(=O)NC(C)C)cc1)NC1CCN(c2ncccc2F)C1. The third-order valence-corrected chi connectivity index (χ3v) is 4.88. The fourth-order valence-corrected chi connectivity index (χ4v) is 3.39. The fraction of sp³-hybridized carbons (Fsp3) is 0.409. The van der Waals surface area contributed by atoms with Crippen molar-refractivity contribution in [2.45, 2.75) is 38.9 Å². The normalized spacial score (nSPS) is 16.4. The van der Waals surface area contributed by atoms with Gasteiger partial charge in [-0.2, -0.15) is 0 Å². The number of benzene rings is 1. The standard InChI is InChI=1S/C22H30FN7O/c1-15(2)27-22(31)29-17-8-6-16(7-9-17)13-26-21(24-3)28-18-10-12-30(14-18)20-19(23)5-4-11-25-20/h4-9,11,15,18H,10,12-14H2,1-3H3,(H2,24,26,28)(H2,27,29,31). The van der Waals surface area contributed by atoms with Crippen molar-refractivity contribution in [2.24, 2.45) is 4.99 Å². The molecule has 0 spiro atoms. The van der Waals surface area contributed by atoms with Crippen molar-refractivity contribution in [3.63, 3.8) is 0 Å². The number of carbonyl (C=O) groups excluding carboxylic acids is 1. The van der Waals surface area contributed by atoms with Gasteiger partial charge in [-0.15, -0.1) is 0 Å². The lowest BCUT2D eigenvalue weighted by Gasteiger charge is -2.20. The third kappa shape index (κ3) is 6.56. The van der Waals surface area contributed by atoms with Gasteiger partial charge in [-0.05, 0) is 50.1 Å². The number of aliphatic imine (C=N–C) groups is 1. The second-order valence-corrected chi connectivity index (χ2v) is 7.76. The first-order valence-electron chi connectivity index (χ1n) is 10.4. The number of aromatic nitrogens is 1. The van der Waals surface area contributed by atoms with Crippen molar-refractivity contribution in [3.8, 4) is 0 Å². The van der Waals surface area contributed by atoms with Crippen LogP contribution in [0.5, 0.6) is 0 Å². The van der Waals surface area contributed by atoms with Gasteiger partial charge in [-0.25, -0.2) is 14.2 Å². The first-order valence-corrected chi connectivity index (χ1v) is 10.4. The van der Waals surface area contributed by atoms with Crippen LogP contribution in [0.2, 0.25) is 0 Å². The molecule has 0 bridgehead atoms. The molecule has 0 saturated carbocycles. The number of guanidine groups is 1. The van der Waals surface area contributed by atoms with E-state index in [0.717, 1.165) is 24.2 Å². The zero-order chi connectivity index (χ0) is 22.2. The van der Waals surface area contributed by atoms with Gasteiger partial charge in [0.15, 0.2) is 17.6 Å². The Labute approximate surface area is 182 Å². The molecule has 1 fully saturated rings. The molecule has 1 aromatic heterocycles. The Morgan fingerprint density at radius 3 is 2.74 bits per heavy atom. The van der Waals surface area contributed by atoms with E-state index in [1.807, 2.05) is 43.0 Å². The van der Waals surface area contributed by atoms with Gasteiger partial charge in [-0.3, -0.25) is 4.99 Å². The Hall–Kier alpha value is -3.36. The number of nitrogens with zero attached hydrogens (tertiary/aromatic N) is 3. The van der Waals surface area contributed by atoms with Gasteiger partial charge < -0.3 is 26.2 Å². The van der Waals surface area contributed by atoms with Crippen LogP contribution in [0.4, 0.5) is 20.7 Å². The van der Waals surface area contributed by atoms with Gasteiger partial charge in [0.2, 0.25) is 0 Å². The number of halogens is 1. The van der Waals surface area contributed by atoms with E-state index in [1.165, 1.54) is 6.07 Å². The molecule has 2 amide bonds. The summed E-state index contributed by atoms with van der Waals surface area (Å²) in [6, 6.07) is 10.7. The van der Waals surface area contributed by atoms with Crippen LogP contribution >= 0.6 is 0 Å². The maximum Gasteiger partial charge on any atom is 0.319 e. The molecule has 1 aliphatic rings. The van der Waals surface area contributed by atoms with Crippen LogP contribution in [0.25, 0.3) is 0 Å². The van der Waals surface area contributed by atoms with Crippen molar-refractivity contribution in [2.75, 3.05) is 30.4 Å². The fourth-order valence-electron chi connectivity index (χ4n) is 3.39. The van der Waals surface area contributed by atoms with E-state index in [4.69, 9.17) is 0 Å². The minimum absolute atomic E-state index is 0.0812. The summed E-state index contributed by atoms with van der Waals surface area (Å²) in [5.41, 5.74) is 1.79. The third-order valence-electron chi connectivity index (χ3n) is 4.88. The summed E-state index contributed by atoms with van der Waals surface area (Å²) in [5.74, 6) is 0.780. The Kier molecular flexibility index (Phi) is 7.64. The largest absolute Gasteiger partial charge is 0.352 e. The topological polar surface area (TPSA) is 93.7 Å². The van der Waals surface area contributed by atoms with E-state index >= 15 is 0 Å². The quantitative estimate of drug-likeness (QED) is 0.420. The summed E-state index contributed by atoms with van der Waals surface area (Å²) in [5, 5.41) is 12.3. The highest BCUT2D eigenvalue weighted by Crippen LogP contribution is 2.20. The van der Waals surface area contributed by atoms with Crippen LogP contribution in [0.3, 0.4) is 0 Å². The lowest BCUT2D eigenvalue weighted by atomic mass is 10.2. The number of urea groups is 1. The number of carbonyl (C=O) groups is 1. The smallest absolute Gasteiger partial charge is 0.319 e. The van der Waals surface area contributed by atoms with Gasteiger partial charge in [0, 0.05) is 50.6 Å². The van der Waals surface area contributed by atoms with Crippen LogP contribution in [0, 0.1) is 5.82 Å². The van der Waals surface area contributed by atoms with Crippen LogP contribution in [-0.2, 0) is 6.54 Å². The van der Waals surface area contributed by atoms with Gasteiger partial charge >= 0.3 is 6.03 Å². The number of amides is 2. The predicted molar refractivity (Wildman–Crippen MR) is 122 cm³/mol. The zero-order valence-electron chi connectivity index (χ0n) is 18.2. The van der Waals surface area contributed by atoms with Gasteiger partial charge in [0.25, 0.3) is 0 Å². The second-order valence-electron chi connectivity index (χ2n) is 7.76. The van der Waals surface area contributed by atoms with Gasteiger partial charge in [0.1, 0.15) is 0 Å². The summed E-state index contributed by atoms with van der Waals surface area (Å²) >= 11 is 0. The first-order chi connectivity index (χ1) is 14.9. The minimum Gasteiger partial charge on any atom is -0.352 e. The maximum atomic E-state index is 14.0. The van der Waals surface area contributed by atoms with E-state index in [2.05, 4.69) is 31.2 Å². The van der Waals surface area contributed by atoms with E-state index in [9.17, 15) is 9.18 Å². The van der Waals surface area contributed by atoms with E-state index < -0.39 is 0 Å². The molecule has 166 valence electrons. The minimum atomic E-state index is -0.301. The van der Waals surface area contributed by atoms with E-state index in [1.54, 1.807) is 19.3 Å². The molecule has 1 unspecified atom stereocenters. The van der Waals surface area contributed by atoms with E-state index in [0.29, 0.717) is 24.9 Å². The Morgan fingerprint density at radius 1 is 1.29 bits per heavy atom. The Balaban J connectivity index is 1.46. The molecule has 8 nitrogen and oxygen atoms in total. The number of rotatable bonds is 6. The van der Waals surface area contributed by atoms with Crippen LogP contribution in [0.1, 0.15) is 25.8 Å². The second kappa shape index (κ2) is 10.6. The molecule has 2 heterocycles. The van der Waals surface area contributed by atoms with Crippen molar-refractivity contribution >= 4 is 23.5 Å². The summed E-state index contributed by atoms with van der Waals surface area (Å²) < 4.78 is 14.0. The van der Waals surface area contributed by atoms with Crippen molar-refractivity contribution in [1.29, 1.82) is 0 Å². The molecule has 1 saturated heterocycles. The molecule has 0 radical (unpaired) electrons. The molecule has 4 N–H and O–H groups in total.